The summed E-state index contributed by atoms with van der Waals surface area (Å²) >= 11 is 0. The average Bonchev–Trinajstić information content (AvgIpc) is 2.35. The predicted molar refractivity (Wildman–Crippen MR) is 68.6 cm³/mol. The molecule has 1 rings (SSSR count). The van der Waals surface area contributed by atoms with Gasteiger partial charge in [-0.2, -0.15) is 0 Å². The van der Waals surface area contributed by atoms with E-state index in [0.29, 0.717) is 6.54 Å². The summed E-state index contributed by atoms with van der Waals surface area (Å²) in [6, 6.07) is 9.54. The minimum atomic E-state index is -1.05. The number of nitrogens with one attached hydrogen (secondary N) is 1. The minimum absolute atomic E-state index is 0.159. The summed E-state index contributed by atoms with van der Waals surface area (Å²) in [5.74, 6) is -0.159. The summed E-state index contributed by atoms with van der Waals surface area (Å²) in [5, 5.41) is 13.4. The van der Waals surface area contributed by atoms with Gasteiger partial charge in [-0.15, -0.1) is 0 Å². The van der Waals surface area contributed by atoms with Gasteiger partial charge in [0.15, 0.2) is 0 Å². The van der Waals surface area contributed by atoms with Crippen LogP contribution in [0.5, 0.6) is 0 Å². The standard InChI is InChI=1S/C13H18N2O3/c1-13(2,15(17)18)9-8-12(16)14-10-11-6-4-3-5-7-11/h3-7H,8-10H2,1-2H3,(H,14,16). The van der Waals surface area contributed by atoms with Gasteiger partial charge in [-0.25, -0.2) is 0 Å². The Morgan fingerprint density at radius 1 is 1.33 bits per heavy atom. The van der Waals surface area contributed by atoms with Gasteiger partial charge in [0.25, 0.3) is 0 Å². The molecular formula is C13H18N2O3. The molecule has 0 radical (unpaired) electrons. The van der Waals surface area contributed by atoms with Gasteiger partial charge in [-0.3, -0.25) is 14.9 Å². The molecule has 5 heteroatoms. The van der Waals surface area contributed by atoms with Crippen molar-refractivity contribution < 1.29 is 9.72 Å². The molecule has 0 saturated heterocycles. The third-order valence-corrected chi connectivity index (χ3v) is 2.79. The molecule has 1 amide bonds. The van der Waals surface area contributed by atoms with E-state index in [1.807, 2.05) is 30.3 Å². The molecule has 0 heterocycles. The molecule has 0 bridgehead atoms. The molecule has 1 aromatic rings. The van der Waals surface area contributed by atoms with Crippen LogP contribution < -0.4 is 5.32 Å². The first-order valence-corrected chi connectivity index (χ1v) is 5.87. The summed E-state index contributed by atoms with van der Waals surface area (Å²) in [6.07, 6.45) is 0.404. The highest BCUT2D eigenvalue weighted by molar-refractivity contribution is 5.75. The Labute approximate surface area is 106 Å². The van der Waals surface area contributed by atoms with Gasteiger partial charge >= 0.3 is 0 Å². The second-order valence-electron chi connectivity index (χ2n) is 4.83. The van der Waals surface area contributed by atoms with Crippen LogP contribution in [0.25, 0.3) is 0 Å². The minimum Gasteiger partial charge on any atom is -0.352 e. The predicted octanol–water partition coefficient (Wildman–Crippen LogP) is 2.14. The average molecular weight is 250 g/mol. The third-order valence-electron chi connectivity index (χ3n) is 2.79. The molecule has 0 atom stereocenters. The maximum atomic E-state index is 11.6. The van der Waals surface area contributed by atoms with Gasteiger partial charge < -0.3 is 5.32 Å². The van der Waals surface area contributed by atoms with Gasteiger partial charge in [0.2, 0.25) is 11.4 Å². The Balaban J connectivity index is 2.33. The lowest BCUT2D eigenvalue weighted by molar-refractivity contribution is -0.561. The van der Waals surface area contributed by atoms with Crippen LogP contribution in [0.15, 0.2) is 30.3 Å². The molecule has 0 saturated carbocycles. The molecular weight excluding hydrogens is 232 g/mol. The van der Waals surface area contributed by atoms with Gasteiger partial charge in [0.05, 0.1) is 0 Å². The highest BCUT2D eigenvalue weighted by Crippen LogP contribution is 2.15. The van der Waals surface area contributed by atoms with E-state index in [0.717, 1.165) is 5.56 Å². The van der Waals surface area contributed by atoms with Crippen molar-refractivity contribution in [3.8, 4) is 0 Å². The number of hydrogen-bond acceptors (Lipinski definition) is 3. The molecule has 0 aliphatic carbocycles. The third kappa shape index (κ3) is 4.53. The SMILES string of the molecule is CC(C)(CCC(=O)NCc1ccccc1)[N+](=O)[O-]. The highest BCUT2D eigenvalue weighted by atomic mass is 16.6. The number of benzene rings is 1. The maximum absolute atomic E-state index is 11.6. The molecule has 0 aliphatic rings. The van der Waals surface area contributed by atoms with Gasteiger partial charge in [-0.05, 0) is 5.56 Å². The monoisotopic (exact) mass is 250 g/mol. The Morgan fingerprint density at radius 2 is 1.94 bits per heavy atom. The van der Waals surface area contributed by atoms with E-state index in [4.69, 9.17) is 0 Å². The molecule has 98 valence electrons. The number of nitrogens with zero attached hydrogens (tertiary/aromatic N) is 1. The van der Waals surface area contributed by atoms with Crippen molar-refractivity contribution >= 4 is 5.91 Å². The summed E-state index contributed by atoms with van der Waals surface area (Å²) in [7, 11) is 0. The largest absolute Gasteiger partial charge is 0.352 e. The van der Waals surface area contributed by atoms with Crippen LogP contribution in [0.3, 0.4) is 0 Å². The first kappa shape index (κ1) is 14.2. The first-order chi connectivity index (χ1) is 8.42. The van der Waals surface area contributed by atoms with Crippen LogP contribution >= 0.6 is 0 Å². The highest BCUT2D eigenvalue weighted by Gasteiger charge is 2.30. The number of carbonyl (C=O) groups excluding carboxylic acids is 1. The molecule has 0 aliphatic heterocycles. The zero-order valence-corrected chi connectivity index (χ0v) is 10.7. The van der Waals surface area contributed by atoms with E-state index < -0.39 is 5.54 Å². The summed E-state index contributed by atoms with van der Waals surface area (Å²) < 4.78 is 0. The van der Waals surface area contributed by atoms with Gasteiger partial charge in [0.1, 0.15) is 0 Å². The zero-order chi connectivity index (χ0) is 13.6. The van der Waals surface area contributed by atoms with Crippen molar-refractivity contribution in [2.75, 3.05) is 0 Å². The summed E-state index contributed by atoms with van der Waals surface area (Å²) in [6.45, 7) is 3.51. The maximum Gasteiger partial charge on any atom is 0.220 e. The molecule has 1 N–H and O–H groups in total. The number of hydrogen-bond donors (Lipinski definition) is 1. The van der Waals surface area contributed by atoms with E-state index in [9.17, 15) is 14.9 Å². The number of carbonyl (C=O) groups is 1. The number of rotatable bonds is 6. The van der Waals surface area contributed by atoms with Crippen molar-refractivity contribution in [2.45, 2.75) is 38.8 Å². The zero-order valence-electron chi connectivity index (χ0n) is 10.7. The van der Waals surface area contributed by atoms with Crippen LogP contribution in [0.2, 0.25) is 0 Å². The van der Waals surface area contributed by atoms with Gasteiger partial charge in [-0.1, -0.05) is 30.3 Å². The molecule has 0 unspecified atom stereocenters. The molecule has 0 aromatic heterocycles. The molecule has 1 aromatic carbocycles. The van der Waals surface area contributed by atoms with Crippen molar-refractivity contribution in [2.24, 2.45) is 0 Å². The molecule has 0 fully saturated rings. The normalized spacial score (nSPS) is 11.0. The molecule has 0 spiro atoms. The van der Waals surface area contributed by atoms with E-state index in [2.05, 4.69) is 5.32 Å². The van der Waals surface area contributed by atoms with E-state index in [1.165, 1.54) is 13.8 Å². The number of amides is 1. The fourth-order valence-corrected chi connectivity index (χ4v) is 1.40. The van der Waals surface area contributed by atoms with E-state index in [1.54, 1.807) is 0 Å². The van der Waals surface area contributed by atoms with Crippen LogP contribution in [0.1, 0.15) is 32.3 Å². The van der Waals surface area contributed by atoms with Crippen LogP contribution in [-0.4, -0.2) is 16.4 Å². The van der Waals surface area contributed by atoms with Crippen molar-refractivity contribution in [3.63, 3.8) is 0 Å². The second kappa shape index (κ2) is 6.14. The van der Waals surface area contributed by atoms with Crippen molar-refractivity contribution in [1.82, 2.24) is 5.32 Å². The van der Waals surface area contributed by atoms with Gasteiger partial charge in [0, 0.05) is 38.2 Å². The summed E-state index contributed by atoms with van der Waals surface area (Å²) in [4.78, 5) is 21.9. The Hall–Kier alpha value is -1.91. The van der Waals surface area contributed by atoms with Crippen LogP contribution in [-0.2, 0) is 11.3 Å². The molecule has 5 nitrogen and oxygen atoms in total. The van der Waals surface area contributed by atoms with Crippen LogP contribution in [0.4, 0.5) is 0 Å². The first-order valence-electron chi connectivity index (χ1n) is 5.87. The fourth-order valence-electron chi connectivity index (χ4n) is 1.40. The Morgan fingerprint density at radius 3 is 2.50 bits per heavy atom. The summed E-state index contributed by atoms with van der Waals surface area (Å²) in [5.41, 5.74) is -0.0382. The second-order valence-corrected chi connectivity index (χ2v) is 4.83. The lowest BCUT2D eigenvalue weighted by atomic mass is 9.99. The van der Waals surface area contributed by atoms with E-state index in [-0.39, 0.29) is 23.7 Å². The van der Waals surface area contributed by atoms with Crippen molar-refractivity contribution in [3.05, 3.63) is 46.0 Å². The topological polar surface area (TPSA) is 72.2 Å². The van der Waals surface area contributed by atoms with E-state index >= 15 is 0 Å². The smallest absolute Gasteiger partial charge is 0.220 e. The lowest BCUT2D eigenvalue weighted by Gasteiger charge is -2.14. The van der Waals surface area contributed by atoms with Crippen molar-refractivity contribution in [1.29, 1.82) is 0 Å². The quantitative estimate of drug-likeness (QED) is 0.621. The Bertz CT molecular complexity index is 416. The fraction of sp³-hybridized carbons (Fsp3) is 0.462. The molecule has 18 heavy (non-hydrogen) atoms. The Kier molecular flexibility index (Phi) is 4.83. The number of nitro groups is 1. The lowest BCUT2D eigenvalue weighted by Crippen LogP contribution is -2.33. The van der Waals surface area contributed by atoms with Crippen LogP contribution in [0, 0.1) is 10.1 Å².